The standard InChI is InChI=1S/C9H6BrN3O2/c10-8-2-1-6(3-11-8)9(14)13-7-4-12-15-5-7/h1-5H,(H,13,14). The molecule has 0 fully saturated rings. The van der Waals surface area contributed by atoms with Crippen molar-refractivity contribution in [2.24, 2.45) is 0 Å². The van der Waals surface area contributed by atoms with Crippen LogP contribution in [0.4, 0.5) is 5.69 Å². The average molecular weight is 268 g/mol. The molecule has 2 aromatic rings. The number of rotatable bonds is 2. The molecule has 0 radical (unpaired) electrons. The average Bonchev–Trinajstić information content (AvgIpc) is 2.71. The first-order valence-electron chi connectivity index (χ1n) is 4.08. The normalized spacial score (nSPS) is 9.93. The van der Waals surface area contributed by atoms with Crippen LogP contribution in [-0.4, -0.2) is 16.0 Å². The highest BCUT2D eigenvalue weighted by atomic mass is 79.9. The first kappa shape index (κ1) is 9.85. The number of nitrogens with one attached hydrogen (secondary N) is 1. The maximum absolute atomic E-state index is 11.6. The topological polar surface area (TPSA) is 68.0 Å². The predicted molar refractivity (Wildman–Crippen MR) is 56.4 cm³/mol. The number of nitrogens with zero attached hydrogens (tertiary/aromatic N) is 2. The molecule has 6 heteroatoms. The molecule has 0 saturated carbocycles. The smallest absolute Gasteiger partial charge is 0.257 e. The highest BCUT2D eigenvalue weighted by Gasteiger charge is 2.06. The Morgan fingerprint density at radius 1 is 1.40 bits per heavy atom. The molecule has 2 heterocycles. The summed E-state index contributed by atoms with van der Waals surface area (Å²) in [7, 11) is 0. The lowest BCUT2D eigenvalue weighted by Crippen LogP contribution is -2.11. The minimum absolute atomic E-state index is 0.252. The van der Waals surface area contributed by atoms with Crippen molar-refractivity contribution in [3.8, 4) is 0 Å². The Morgan fingerprint density at radius 3 is 2.87 bits per heavy atom. The van der Waals surface area contributed by atoms with E-state index in [2.05, 4.69) is 35.9 Å². The third-order valence-electron chi connectivity index (χ3n) is 1.68. The van der Waals surface area contributed by atoms with Gasteiger partial charge in [0.05, 0.1) is 11.8 Å². The molecule has 5 nitrogen and oxygen atoms in total. The van der Waals surface area contributed by atoms with Gasteiger partial charge in [0.15, 0.2) is 0 Å². The largest absolute Gasteiger partial charge is 0.363 e. The molecule has 0 spiro atoms. The summed E-state index contributed by atoms with van der Waals surface area (Å²) >= 11 is 3.19. The monoisotopic (exact) mass is 267 g/mol. The maximum Gasteiger partial charge on any atom is 0.257 e. The molecule has 0 unspecified atom stereocenters. The molecular weight excluding hydrogens is 262 g/mol. The van der Waals surface area contributed by atoms with Gasteiger partial charge in [-0.2, -0.15) is 0 Å². The van der Waals surface area contributed by atoms with Crippen LogP contribution >= 0.6 is 15.9 Å². The van der Waals surface area contributed by atoms with E-state index in [1.54, 1.807) is 12.1 Å². The number of aromatic nitrogens is 2. The number of hydrogen-bond donors (Lipinski definition) is 1. The van der Waals surface area contributed by atoms with Gasteiger partial charge in [-0.15, -0.1) is 0 Å². The van der Waals surface area contributed by atoms with Gasteiger partial charge >= 0.3 is 0 Å². The van der Waals surface area contributed by atoms with E-state index in [0.717, 1.165) is 0 Å². The van der Waals surface area contributed by atoms with Gasteiger partial charge in [-0.1, -0.05) is 5.16 Å². The summed E-state index contributed by atoms with van der Waals surface area (Å²) in [5, 5.41) is 6.08. The Balaban J connectivity index is 2.11. The van der Waals surface area contributed by atoms with Crippen LogP contribution in [0.5, 0.6) is 0 Å². The van der Waals surface area contributed by atoms with Crippen molar-refractivity contribution in [2.45, 2.75) is 0 Å². The zero-order chi connectivity index (χ0) is 10.7. The van der Waals surface area contributed by atoms with Gasteiger partial charge in [-0.25, -0.2) is 4.98 Å². The summed E-state index contributed by atoms with van der Waals surface area (Å²) in [6.45, 7) is 0. The Hall–Kier alpha value is -1.69. The fourth-order valence-corrected chi connectivity index (χ4v) is 1.21. The quantitative estimate of drug-likeness (QED) is 0.847. The van der Waals surface area contributed by atoms with Crippen LogP contribution in [0.2, 0.25) is 0 Å². The van der Waals surface area contributed by atoms with Crippen LogP contribution in [0.15, 0.2) is 39.9 Å². The van der Waals surface area contributed by atoms with E-state index < -0.39 is 0 Å². The van der Waals surface area contributed by atoms with Crippen LogP contribution in [0.1, 0.15) is 10.4 Å². The summed E-state index contributed by atoms with van der Waals surface area (Å²) < 4.78 is 5.27. The number of amides is 1. The lowest BCUT2D eigenvalue weighted by molar-refractivity contribution is 0.102. The first-order chi connectivity index (χ1) is 7.25. The summed E-state index contributed by atoms with van der Waals surface area (Å²) in [5.74, 6) is -0.252. The number of halogens is 1. The van der Waals surface area contributed by atoms with Crippen LogP contribution in [0, 0.1) is 0 Å². The third-order valence-corrected chi connectivity index (χ3v) is 2.15. The highest BCUT2D eigenvalue weighted by Crippen LogP contribution is 2.09. The van der Waals surface area contributed by atoms with E-state index in [9.17, 15) is 4.79 Å². The molecule has 0 aliphatic rings. The second-order valence-corrected chi connectivity index (χ2v) is 3.55. The number of carbonyl (C=O) groups is 1. The van der Waals surface area contributed by atoms with Crippen LogP contribution < -0.4 is 5.32 Å². The summed E-state index contributed by atoms with van der Waals surface area (Å²) in [6.07, 6.45) is 4.25. The fourth-order valence-electron chi connectivity index (χ4n) is 0.980. The molecule has 0 bridgehead atoms. The molecule has 15 heavy (non-hydrogen) atoms. The van der Waals surface area contributed by atoms with Crippen molar-refractivity contribution < 1.29 is 9.32 Å². The fraction of sp³-hybridized carbons (Fsp3) is 0. The van der Waals surface area contributed by atoms with Crippen molar-refractivity contribution in [3.63, 3.8) is 0 Å². The van der Waals surface area contributed by atoms with Gasteiger partial charge in [0.2, 0.25) is 0 Å². The molecule has 0 saturated heterocycles. The molecule has 0 aliphatic heterocycles. The van der Waals surface area contributed by atoms with Crippen LogP contribution in [0.25, 0.3) is 0 Å². The van der Waals surface area contributed by atoms with E-state index >= 15 is 0 Å². The lowest BCUT2D eigenvalue weighted by atomic mass is 10.3. The third kappa shape index (κ3) is 2.41. The summed E-state index contributed by atoms with van der Waals surface area (Å²) in [6, 6.07) is 3.36. The number of anilines is 1. The SMILES string of the molecule is O=C(Nc1cnoc1)c1ccc(Br)nc1. The van der Waals surface area contributed by atoms with Gasteiger partial charge in [-0.3, -0.25) is 4.79 Å². The zero-order valence-electron chi connectivity index (χ0n) is 7.48. The van der Waals surface area contributed by atoms with E-state index in [0.29, 0.717) is 15.9 Å². The second-order valence-electron chi connectivity index (χ2n) is 2.74. The number of carbonyl (C=O) groups excluding carboxylic acids is 1. The minimum Gasteiger partial charge on any atom is -0.363 e. The molecule has 2 rings (SSSR count). The molecule has 0 aliphatic carbocycles. The molecule has 1 N–H and O–H groups in total. The van der Waals surface area contributed by atoms with Crippen LogP contribution in [-0.2, 0) is 0 Å². The van der Waals surface area contributed by atoms with Gasteiger partial charge in [0.1, 0.15) is 16.6 Å². The molecular formula is C9H6BrN3O2. The molecule has 0 aromatic carbocycles. The lowest BCUT2D eigenvalue weighted by Gasteiger charge is -2.00. The second kappa shape index (κ2) is 4.22. The van der Waals surface area contributed by atoms with Gasteiger partial charge < -0.3 is 9.84 Å². The highest BCUT2D eigenvalue weighted by molar-refractivity contribution is 9.10. The van der Waals surface area contributed by atoms with Crippen molar-refractivity contribution in [3.05, 3.63) is 41.0 Å². The summed E-state index contributed by atoms with van der Waals surface area (Å²) in [5.41, 5.74) is 0.988. The Bertz CT molecular complexity index is 453. The molecule has 2 aromatic heterocycles. The molecule has 1 amide bonds. The Kier molecular flexibility index (Phi) is 2.77. The van der Waals surface area contributed by atoms with Crippen molar-refractivity contribution in [1.82, 2.24) is 10.1 Å². The maximum atomic E-state index is 11.6. The van der Waals surface area contributed by atoms with Crippen LogP contribution in [0.3, 0.4) is 0 Å². The number of pyridine rings is 1. The molecule has 76 valence electrons. The van der Waals surface area contributed by atoms with E-state index in [4.69, 9.17) is 0 Å². The number of hydrogen-bond acceptors (Lipinski definition) is 4. The minimum atomic E-state index is -0.252. The summed E-state index contributed by atoms with van der Waals surface area (Å²) in [4.78, 5) is 15.5. The Labute approximate surface area is 93.6 Å². The predicted octanol–water partition coefficient (Wildman–Crippen LogP) is 2.08. The van der Waals surface area contributed by atoms with Gasteiger partial charge in [0.25, 0.3) is 5.91 Å². The molecule has 0 atom stereocenters. The first-order valence-corrected chi connectivity index (χ1v) is 4.87. The van der Waals surface area contributed by atoms with E-state index in [-0.39, 0.29) is 5.91 Å². The van der Waals surface area contributed by atoms with E-state index in [1.807, 2.05) is 0 Å². The zero-order valence-corrected chi connectivity index (χ0v) is 9.06. The van der Waals surface area contributed by atoms with Gasteiger partial charge in [0, 0.05) is 6.20 Å². The Morgan fingerprint density at radius 2 is 2.27 bits per heavy atom. The van der Waals surface area contributed by atoms with Gasteiger partial charge in [-0.05, 0) is 28.1 Å². The van der Waals surface area contributed by atoms with Crippen molar-refractivity contribution in [2.75, 3.05) is 5.32 Å². The van der Waals surface area contributed by atoms with E-state index in [1.165, 1.54) is 18.7 Å². The van der Waals surface area contributed by atoms with Crippen molar-refractivity contribution >= 4 is 27.5 Å². The van der Waals surface area contributed by atoms with Crippen molar-refractivity contribution in [1.29, 1.82) is 0 Å².